The van der Waals surface area contributed by atoms with Crippen LogP contribution in [0.3, 0.4) is 0 Å². The molecule has 4 heteroatoms. The van der Waals surface area contributed by atoms with Gasteiger partial charge in [-0.1, -0.05) is 0 Å². The van der Waals surface area contributed by atoms with Crippen LogP contribution in [0.1, 0.15) is 56.2 Å². The van der Waals surface area contributed by atoms with Crippen LogP contribution in [0.2, 0.25) is 0 Å². The second kappa shape index (κ2) is 10.6. The number of ether oxygens (including phenoxy) is 1. The minimum atomic E-state index is -0.187. The van der Waals surface area contributed by atoms with Gasteiger partial charge in [-0.25, -0.2) is 0 Å². The van der Waals surface area contributed by atoms with Gasteiger partial charge in [-0.3, -0.25) is 0 Å². The summed E-state index contributed by atoms with van der Waals surface area (Å²) in [5.74, 6) is 1.90. The van der Waals surface area contributed by atoms with Crippen molar-refractivity contribution in [2.24, 2.45) is 0 Å². The van der Waals surface area contributed by atoms with Crippen molar-refractivity contribution in [1.29, 1.82) is 0 Å². The van der Waals surface area contributed by atoms with Crippen molar-refractivity contribution < 1.29 is 21.0 Å². The molecule has 0 aromatic heterocycles. The maximum absolute atomic E-state index is 5.63. The van der Waals surface area contributed by atoms with Crippen LogP contribution in [0.4, 0.5) is 11.4 Å². The second-order valence-electron chi connectivity index (χ2n) is 8.93. The zero-order chi connectivity index (χ0) is 23.4. The minimum absolute atomic E-state index is 0.187. The number of rotatable bonds is 6. The second-order valence-corrected chi connectivity index (χ2v) is 10.7. The third kappa shape index (κ3) is 5.02. The van der Waals surface area contributed by atoms with E-state index in [4.69, 9.17) is 4.74 Å². The number of methoxy groups -OCH3 is 1. The molecule has 0 unspecified atom stereocenters. The van der Waals surface area contributed by atoms with Gasteiger partial charge < -0.3 is 0 Å². The number of nitrogens with zero attached hydrogens (tertiary/aromatic N) is 2. The number of anilines is 2. The van der Waals surface area contributed by atoms with E-state index in [2.05, 4.69) is 103 Å². The van der Waals surface area contributed by atoms with Gasteiger partial charge >= 0.3 is 206 Å². The van der Waals surface area contributed by atoms with E-state index in [0.29, 0.717) is 11.8 Å². The van der Waals surface area contributed by atoms with Crippen LogP contribution in [0.5, 0.6) is 5.75 Å². The van der Waals surface area contributed by atoms with Gasteiger partial charge in [0, 0.05) is 0 Å². The summed E-state index contributed by atoms with van der Waals surface area (Å²) in [5.41, 5.74) is 6.68. The van der Waals surface area contributed by atoms with Crippen LogP contribution in [0, 0.1) is 0 Å². The standard InChI is InChI=1S/C21H26N2.C8H8O.Ru/c1-16(2)18-9-5-7-11-20(18)22-13-14-23(15-22)21-12-8-6-10-19(21)17(3)4;1-7-5-3-4-6-8(7)9-2;/h5-12,16-17H,13-14H2,1-4H3;1,3-6H,2H3;. The molecule has 0 atom stereocenters. The zero-order valence-electron chi connectivity index (χ0n) is 20.2. The van der Waals surface area contributed by atoms with Gasteiger partial charge in [-0.2, -0.15) is 0 Å². The molecular weight excluding hydrogens is 493 g/mol. The SMILES string of the molecule is COc1ccccc1[CH]=[Ru]=[C]1N(c2ccccc2C(C)C)CCN1c1ccccc1C(C)C. The van der Waals surface area contributed by atoms with E-state index in [1.54, 1.807) is 7.11 Å². The normalized spacial score (nSPS) is 13.8. The summed E-state index contributed by atoms with van der Waals surface area (Å²) in [6.45, 7) is 11.1. The number of hydrogen-bond donors (Lipinski definition) is 0. The van der Waals surface area contributed by atoms with Crippen LogP contribution in [-0.2, 0) is 16.2 Å². The summed E-state index contributed by atoms with van der Waals surface area (Å²) < 4.78 is 9.43. The molecule has 3 nitrogen and oxygen atoms in total. The van der Waals surface area contributed by atoms with Crippen LogP contribution in [-0.4, -0.2) is 29.2 Å². The third-order valence-electron chi connectivity index (χ3n) is 6.07. The molecule has 1 aliphatic rings. The Kier molecular flexibility index (Phi) is 7.55. The van der Waals surface area contributed by atoms with Crippen molar-refractivity contribution in [2.75, 3.05) is 30.0 Å². The van der Waals surface area contributed by atoms with Gasteiger partial charge in [-0.05, 0) is 0 Å². The number of hydrogen-bond acceptors (Lipinski definition) is 3. The third-order valence-corrected chi connectivity index (χ3v) is 8.25. The molecule has 1 saturated heterocycles. The van der Waals surface area contributed by atoms with Crippen molar-refractivity contribution in [3.05, 3.63) is 89.5 Å². The Morgan fingerprint density at radius 1 is 0.727 bits per heavy atom. The van der Waals surface area contributed by atoms with E-state index < -0.39 is 0 Å². The zero-order valence-corrected chi connectivity index (χ0v) is 22.0. The molecule has 0 saturated carbocycles. The summed E-state index contributed by atoms with van der Waals surface area (Å²) >= 11 is -0.187. The van der Waals surface area contributed by atoms with E-state index in [-0.39, 0.29) is 16.2 Å². The fourth-order valence-corrected chi connectivity index (χ4v) is 6.62. The number of benzene rings is 3. The Morgan fingerprint density at radius 3 is 1.73 bits per heavy atom. The molecule has 0 aliphatic carbocycles. The van der Waals surface area contributed by atoms with Gasteiger partial charge in [0.2, 0.25) is 0 Å². The maximum atomic E-state index is 5.63. The van der Waals surface area contributed by atoms with Crippen molar-refractivity contribution in [3.63, 3.8) is 0 Å². The Bertz CT molecular complexity index is 1120. The molecule has 1 heterocycles. The van der Waals surface area contributed by atoms with Crippen molar-refractivity contribution in [2.45, 2.75) is 39.5 Å². The molecule has 1 fully saturated rings. The quantitative estimate of drug-likeness (QED) is 0.351. The van der Waals surface area contributed by atoms with E-state index in [9.17, 15) is 0 Å². The predicted molar refractivity (Wildman–Crippen MR) is 139 cm³/mol. The molecule has 3 aromatic carbocycles. The molecule has 1 aliphatic heterocycles. The molecule has 0 radical (unpaired) electrons. The monoisotopic (exact) mass is 528 g/mol. The first-order valence-electron chi connectivity index (χ1n) is 11.7. The summed E-state index contributed by atoms with van der Waals surface area (Å²) in [4.78, 5) is 5.13. The van der Waals surface area contributed by atoms with Gasteiger partial charge in [0.1, 0.15) is 0 Å². The van der Waals surface area contributed by atoms with Gasteiger partial charge in [0.05, 0.1) is 0 Å². The van der Waals surface area contributed by atoms with Crippen LogP contribution in [0.25, 0.3) is 0 Å². The average molecular weight is 528 g/mol. The fraction of sp³-hybridized carbons (Fsp3) is 0.310. The average Bonchev–Trinajstić information content (AvgIpc) is 3.26. The van der Waals surface area contributed by atoms with Gasteiger partial charge in [-0.15, -0.1) is 0 Å². The van der Waals surface area contributed by atoms with E-state index in [1.165, 1.54) is 32.4 Å². The molecule has 0 spiro atoms. The topological polar surface area (TPSA) is 15.7 Å². The first-order valence-corrected chi connectivity index (χ1v) is 13.6. The van der Waals surface area contributed by atoms with Gasteiger partial charge in [0.15, 0.2) is 0 Å². The van der Waals surface area contributed by atoms with Crippen molar-refractivity contribution >= 4 is 20.3 Å². The van der Waals surface area contributed by atoms with Crippen LogP contribution >= 0.6 is 0 Å². The summed E-state index contributed by atoms with van der Waals surface area (Å²) in [5, 5.41) is 0. The first-order chi connectivity index (χ1) is 16.0. The van der Waals surface area contributed by atoms with Crippen molar-refractivity contribution in [3.8, 4) is 5.75 Å². The molecule has 0 bridgehead atoms. The molecule has 4 rings (SSSR count). The Hall–Kier alpha value is -2.58. The Labute approximate surface area is 205 Å². The predicted octanol–water partition coefficient (Wildman–Crippen LogP) is 6.29. The summed E-state index contributed by atoms with van der Waals surface area (Å²) in [7, 11) is 1.75. The fourth-order valence-electron chi connectivity index (χ4n) is 4.36. The first kappa shape index (κ1) is 23.6. The van der Waals surface area contributed by atoms with Crippen molar-refractivity contribution in [1.82, 2.24) is 0 Å². The Morgan fingerprint density at radius 2 is 1.21 bits per heavy atom. The molecule has 0 N–H and O–H groups in total. The van der Waals surface area contributed by atoms with Gasteiger partial charge in [0.25, 0.3) is 0 Å². The molecule has 33 heavy (non-hydrogen) atoms. The van der Waals surface area contributed by atoms with E-state index in [1.807, 2.05) is 12.1 Å². The molecular formula is C29H34N2ORu. The Balaban J connectivity index is 1.89. The van der Waals surface area contributed by atoms with Crippen LogP contribution < -0.4 is 14.5 Å². The summed E-state index contributed by atoms with van der Waals surface area (Å²) in [6.07, 6.45) is 0. The molecule has 3 aromatic rings. The molecule has 0 amide bonds. The van der Waals surface area contributed by atoms with Crippen LogP contribution in [0.15, 0.2) is 72.8 Å². The van der Waals surface area contributed by atoms with E-state index in [0.717, 1.165) is 18.8 Å². The number of para-hydroxylation sites is 3. The summed E-state index contributed by atoms with van der Waals surface area (Å²) in [6, 6.07) is 26.1. The van der Waals surface area contributed by atoms with E-state index >= 15 is 0 Å². The molecule has 174 valence electrons.